The summed E-state index contributed by atoms with van der Waals surface area (Å²) in [7, 11) is 0. The van der Waals surface area contributed by atoms with Gasteiger partial charge >= 0.3 is 0 Å². The molecule has 0 saturated heterocycles. The van der Waals surface area contributed by atoms with E-state index in [1.165, 1.54) is 31.3 Å². The third kappa shape index (κ3) is 1.51. The molecule has 0 radical (unpaired) electrons. The molecule has 0 aromatic heterocycles. The number of hydrogen-bond acceptors (Lipinski definition) is 1. The highest BCUT2D eigenvalue weighted by Gasteiger charge is 2.20. The molecule has 0 spiro atoms. The molecule has 1 fully saturated rings. The molecule has 2 aliphatic carbocycles. The molecule has 0 aromatic carbocycles. The molecule has 2 rings (SSSR count). The predicted octanol–water partition coefficient (Wildman–Crippen LogP) is 2.62. The third-order valence-corrected chi connectivity index (χ3v) is 2.90. The van der Waals surface area contributed by atoms with Crippen molar-refractivity contribution in [3.63, 3.8) is 0 Å². The monoisotopic (exact) mass is 162 g/mol. The number of carbonyl (C=O) groups excluding carboxylic acids is 1. The van der Waals surface area contributed by atoms with Gasteiger partial charge in [-0.05, 0) is 37.2 Å². The van der Waals surface area contributed by atoms with Crippen LogP contribution in [0.15, 0.2) is 17.4 Å². The molecule has 0 bridgehead atoms. The molecule has 1 saturated carbocycles. The van der Waals surface area contributed by atoms with Crippen molar-refractivity contribution in [2.24, 2.45) is 5.92 Å². The quantitative estimate of drug-likeness (QED) is 0.500. The maximum Gasteiger partial charge on any atom is 0.163 e. The highest BCUT2D eigenvalue weighted by Crippen LogP contribution is 2.32. The second-order valence-corrected chi connectivity index (χ2v) is 3.76. The summed E-state index contributed by atoms with van der Waals surface area (Å²) < 4.78 is 0. The first-order valence-corrected chi connectivity index (χ1v) is 4.84. The number of ketones is 1. The van der Waals surface area contributed by atoms with Gasteiger partial charge in [0.05, 0.1) is 0 Å². The van der Waals surface area contributed by atoms with Crippen LogP contribution < -0.4 is 0 Å². The van der Waals surface area contributed by atoms with Crippen LogP contribution in [-0.4, -0.2) is 5.78 Å². The minimum absolute atomic E-state index is 0.261. The molecule has 1 heteroatoms. The lowest BCUT2D eigenvalue weighted by atomic mass is 9.82. The van der Waals surface area contributed by atoms with E-state index in [0.29, 0.717) is 5.92 Å². The van der Waals surface area contributed by atoms with Crippen molar-refractivity contribution in [3.8, 4) is 0 Å². The van der Waals surface area contributed by atoms with Crippen molar-refractivity contribution in [1.82, 2.24) is 0 Å². The average Bonchev–Trinajstić information content (AvgIpc) is 2.29. The Morgan fingerprint density at radius 3 is 3.08 bits per heavy atom. The maximum atomic E-state index is 11.1. The first-order valence-electron chi connectivity index (χ1n) is 4.84. The van der Waals surface area contributed by atoms with Crippen LogP contribution in [0.25, 0.3) is 0 Å². The first kappa shape index (κ1) is 7.82. The molecule has 12 heavy (non-hydrogen) atoms. The van der Waals surface area contributed by atoms with E-state index >= 15 is 0 Å². The Kier molecular flexibility index (Phi) is 2.14. The van der Waals surface area contributed by atoms with Crippen LogP contribution in [0.3, 0.4) is 0 Å². The van der Waals surface area contributed by atoms with Crippen molar-refractivity contribution in [3.05, 3.63) is 17.4 Å². The molecule has 0 heterocycles. The van der Waals surface area contributed by atoms with E-state index in [-0.39, 0.29) is 5.78 Å². The summed E-state index contributed by atoms with van der Waals surface area (Å²) in [5.41, 5.74) is 4.58. The zero-order chi connectivity index (χ0) is 8.39. The summed E-state index contributed by atoms with van der Waals surface area (Å²) in [5, 5.41) is 0. The van der Waals surface area contributed by atoms with Crippen LogP contribution in [0.1, 0.15) is 38.5 Å². The lowest BCUT2D eigenvalue weighted by Crippen LogP contribution is -2.09. The number of carbonyl (C=O) groups is 1. The molecule has 1 atom stereocenters. The van der Waals surface area contributed by atoms with E-state index in [4.69, 9.17) is 0 Å². The van der Waals surface area contributed by atoms with Gasteiger partial charge in [0.15, 0.2) is 5.78 Å². The topological polar surface area (TPSA) is 17.1 Å². The van der Waals surface area contributed by atoms with E-state index in [1.807, 2.05) is 0 Å². The zero-order valence-corrected chi connectivity index (χ0v) is 7.31. The van der Waals surface area contributed by atoms with Crippen LogP contribution >= 0.6 is 0 Å². The zero-order valence-electron chi connectivity index (χ0n) is 7.31. The van der Waals surface area contributed by atoms with Gasteiger partial charge in [-0.15, -0.1) is 5.73 Å². The van der Waals surface area contributed by atoms with Gasteiger partial charge in [-0.25, -0.2) is 0 Å². The highest BCUT2D eigenvalue weighted by molar-refractivity contribution is 5.89. The first-order chi connectivity index (χ1) is 5.86. The molecule has 64 valence electrons. The van der Waals surface area contributed by atoms with E-state index in [1.54, 1.807) is 6.08 Å². The van der Waals surface area contributed by atoms with Crippen molar-refractivity contribution in [2.45, 2.75) is 38.5 Å². The Morgan fingerprint density at radius 1 is 1.25 bits per heavy atom. The Balaban J connectivity index is 2.22. The van der Waals surface area contributed by atoms with Crippen LogP contribution in [-0.2, 0) is 4.79 Å². The minimum Gasteiger partial charge on any atom is -0.294 e. The molecular weight excluding hydrogens is 148 g/mol. The highest BCUT2D eigenvalue weighted by atomic mass is 16.1. The lowest BCUT2D eigenvalue weighted by molar-refractivity contribution is -0.114. The average molecular weight is 162 g/mol. The van der Waals surface area contributed by atoms with Gasteiger partial charge in [0.1, 0.15) is 0 Å². The summed E-state index contributed by atoms with van der Waals surface area (Å²) in [6.45, 7) is 0. The van der Waals surface area contributed by atoms with Crippen molar-refractivity contribution < 1.29 is 4.79 Å². The maximum absolute atomic E-state index is 11.1. The largest absolute Gasteiger partial charge is 0.294 e. The summed E-state index contributed by atoms with van der Waals surface area (Å²) in [4.78, 5) is 11.1. The number of allylic oxidation sites excluding steroid dienone is 1. The standard InChI is InChI=1S/C11H14O/c12-11-7-5-9-3-1-2-4-10(9)6-8-11/h8-9H,1-5,7H2/t9-/m0/s1. The third-order valence-electron chi connectivity index (χ3n) is 2.90. The van der Waals surface area contributed by atoms with Gasteiger partial charge in [0.25, 0.3) is 0 Å². The predicted molar refractivity (Wildman–Crippen MR) is 47.8 cm³/mol. The fourth-order valence-corrected chi connectivity index (χ4v) is 2.15. The smallest absolute Gasteiger partial charge is 0.163 e. The van der Waals surface area contributed by atoms with Crippen LogP contribution in [0.4, 0.5) is 0 Å². The van der Waals surface area contributed by atoms with Gasteiger partial charge in [-0.2, -0.15) is 0 Å². The fourth-order valence-electron chi connectivity index (χ4n) is 2.15. The number of rotatable bonds is 0. The second kappa shape index (κ2) is 3.28. The minimum atomic E-state index is 0.261. The van der Waals surface area contributed by atoms with Crippen LogP contribution in [0, 0.1) is 5.92 Å². The van der Waals surface area contributed by atoms with Crippen LogP contribution in [0.5, 0.6) is 0 Å². The number of hydrogen-bond donors (Lipinski definition) is 0. The Labute approximate surface area is 73.2 Å². The Morgan fingerprint density at radius 2 is 2.17 bits per heavy atom. The molecule has 1 nitrogen and oxygen atoms in total. The molecule has 0 unspecified atom stereocenters. The lowest BCUT2D eigenvalue weighted by Gasteiger charge is -2.22. The van der Waals surface area contributed by atoms with Crippen molar-refractivity contribution >= 4 is 5.78 Å². The summed E-state index contributed by atoms with van der Waals surface area (Å²) in [6, 6.07) is 0. The van der Waals surface area contributed by atoms with Crippen molar-refractivity contribution in [1.29, 1.82) is 0 Å². The van der Waals surface area contributed by atoms with Gasteiger partial charge in [-0.3, -0.25) is 4.79 Å². The molecule has 0 aliphatic heterocycles. The van der Waals surface area contributed by atoms with E-state index in [2.05, 4.69) is 5.73 Å². The van der Waals surface area contributed by atoms with Gasteiger partial charge in [0.2, 0.25) is 0 Å². The Bertz CT molecular complexity index is 256. The molecule has 2 aliphatic rings. The Hall–Kier alpha value is -0.810. The van der Waals surface area contributed by atoms with E-state index in [0.717, 1.165) is 12.8 Å². The fraction of sp³-hybridized carbons (Fsp3) is 0.636. The van der Waals surface area contributed by atoms with Gasteiger partial charge in [-0.1, -0.05) is 6.42 Å². The van der Waals surface area contributed by atoms with E-state index < -0.39 is 0 Å². The SMILES string of the molecule is O=C1C=C=C2CCCC[C@H]2CC1. The summed E-state index contributed by atoms with van der Waals surface area (Å²) in [6.07, 6.45) is 8.54. The molecular formula is C11H14O. The number of fused-ring (bicyclic) bond motifs is 1. The second-order valence-electron chi connectivity index (χ2n) is 3.76. The van der Waals surface area contributed by atoms with Crippen LogP contribution in [0.2, 0.25) is 0 Å². The summed E-state index contributed by atoms with van der Waals surface area (Å²) >= 11 is 0. The molecule has 0 aromatic rings. The molecule has 0 amide bonds. The molecule has 0 N–H and O–H groups in total. The van der Waals surface area contributed by atoms with Gasteiger partial charge in [0, 0.05) is 12.5 Å². The van der Waals surface area contributed by atoms with E-state index in [9.17, 15) is 4.79 Å². The van der Waals surface area contributed by atoms with Gasteiger partial charge < -0.3 is 0 Å². The normalized spacial score (nSPS) is 29.2. The van der Waals surface area contributed by atoms with Crippen molar-refractivity contribution in [2.75, 3.05) is 0 Å². The summed E-state index contributed by atoms with van der Waals surface area (Å²) in [5.74, 6) is 0.943.